The largest absolute Gasteiger partial charge is 0.298 e. The van der Waals surface area contributed by atoms with Crippen molar-refractivity contribution < 1.29 is 4.79 Å². The lowest BCUT2D eigenvalue weighted by Crippen LogP contribution is -1.94. The number of aldehydes is 1. The van der Waals surface area contributed by atoms with Gasteiger partial charge >= 0.3 is 0 Å². The second kappa shape index (κ2) is 3.30. The molecule has 0 saturated carbocycles. The molecule has 11 heavy (non-hydrogen) atoms. The molecule has 2 nitrogen and oxygen atoms in total. The zero-order chi connectivity index (χ0) is 8.27. The van der Waals surface area contributed by atoms with Gasteiger partial charge in [0.2, 0.25) is 0 Å². The van der Waals surface area contributed by atoms with Gasteiger partial charge in [0.15, 0.2) is 6.29 Å². The molecule has 3 heteroatoms. The van der Waals surface area contributed by atoms with Gasteiger partial charge in [0.05, 0.1) is 0 Å². The first-order chi connectivity index (χ1) is 5.25. The molecule has 0 heterocycles. The van der Waals surface area contributed by atoms with Gasteiger partial charge in [0.1, 0.15) is 5.17 Å². The Morgan fingerprint density at radius 3 is 2.55 bits per heavy atom. The molecule has 0 unspecified atom stereocenters. The molecule has 1 N–H and O–H groups in total. The molecule has 1 rings (SSSR count). The molecule has 0 radical (unpaired) electrons. The van der Waals surface area contributed by atoms with Gasteiger partial charge in [-0.25, -0.2) is 0 Å². The maximum Gasteiger partial charge on any atom is 0.150 e. The Balaban J connectivity index is 3.22. The Kier molecular flexibility index (Phi) is 2.39. The maximum absolute atomic E-state index is 10.4. The van der Waals surface area contributed by atoms with E-state index in [1.165, 1.54) is 0 Å². The number of hydrogen-bond donors (Lipinski definition) is 1. The van der Waals surface area contributed by atoms with Gasteiger partial charge < -0.3 is 0 Å². The smallest absolute Gasteiger partial charge is 0.150 e. The molecular weight excluding hydrogens is 162 g/mol. The van der Waals surface area contributed by atoms with Crippen LogP contribution in [0.3, 0.4) is 0 Å². The number of rotatable bonds is 2. The van der Waals surface area contributed by atoms with Crippen molar-refractivity contribution in [1.82, 2.24) is 0 Å². The van der Waals surface area contributed by atoms with Crippen LogP contribution in [0, 0.1) is 5.41 Å². The van der Waals surface area contributed by atoms with E-state index in [9.17, 15) is 4.79 Å². The van der Waals surface area contributed by atoms with E-state index >= 15 is 0 Å². The minimum atomic E-state index is -0.104. The van der Waals surface area contributed by atoms with Crippen LogP contribution in [0.2, 0.25) is 0 Å². The number of nitrogens with one attached hydrogen (secondary N) is 1. The van der Waals surface area contributed by atoms with Gasteiger partial charge in [0.25, 0.3) is 0 Å². The Morgan fingerprint density at radius 1 is 1.45 bits per heavy atom. The highest BCUT2D eigenvalue weighted by molar-refractivity contribution is 6.69. The van der Waals surface area contributed by atoms with Crippen LogP contribution in [-0.2, 0) is 0 Å². The van der Waals surface area contributed by atoms with E-state index in [1.807, 2.05) is 0 Å². The lowest BCUT2D eigenvalue weighted by atomic mass is 10.1. The van der Waals surface area contributed by atoms with E-state index in [0.29, 0.717) is 17.4 Å². The molecule has 0 aliphatic rings. The first kappa shape index (κ1) is 7.95. The molecule has 0 saturated heterocycles. The third-order valence-electron chi connectivity index (χ3n) is 1.32. The van der Waals surface area contributed by atoms with Crippen LogP contribution in [0.5, 0.6) is 0 Å². The maximum atomic E-state index is 10.4. The van der Waals surface area contributed by atoms with Crippen LogP contribution in [0.1, 0.15) is 15.9 Å². The highest BCUT2D eigenvalue weighted by Crippen LogP contribution is 2.08. The quantitative estimate of drug-likeness (QED) is 0.532. The van der Waals surface area contributed by atoms with Gasteiger partial charge in [-0.2, -0.15) is 0 Å². The predicted molar refractivity (Wildman–Crippen MR) is 44.5 cm³/mol. The van der Waals surface area contributed by atoms with Gasteiger partial charge in [-0.15, -0.1) is 0 Å². The molecule has 0 aromatic heterocycles. The minimum Gasteiger partial charge on any atom is -0.298 e. The van der Waals surface area contributed by atoms with Crippen molar-refractivity contribution in [3.8, 4) is 0 Å². The van der Waals surface area contributed by atoms with E-state index in [-0.39, 0.29) is 5.17 Å². The topological polar surface area (TPSA) is 40.9 Å². The number of benzene rings is 1. The summed E-state index contributed by atoms with van der Waals surface area (Å²) >= 11 is 5.41. The summed E-state index contributed by atoms with van der Waals surface area (Å²) in [5.74, 6) is 0. The van der Waals surface area contributed by atoms with Gasteiger partial charge in [-0.05, 0) is 0 Å². The molecule has 1 aromatic carbocycles. The van der Waals surface area contributed by atoms with E-state index < -0.39 is 0 Å². The SMILES string of the molecule is N=C(Cl)c1ccccc1C=O. The lowest BCUT2D eigenvalue weighted by Gasteiger charge is -1.97. The zero-order valence-corrected chi connectivity index (χ0v) is 6.43. The molecule has 0 atom stereocenters. The zero-order valence-electron chi connectivity index (χ0n) is 5.67. The number of carbonyl (C=O) groups is 1. The van der Waals surface area contributed by atoms with Crippen molar-refractivity contribution in [2.24, 2.45) is 0 Å². The van der Waals surface area contributed by atoms with Crippen molar-refractivity contribution in [2.75, 3.05) is 0 Å². The van der Waals surface area contributed by atoms with Crippen molar-refractivity contribution >= 4 is 23.1 Å². The van der Waals surface area contributed by atoms with Crippen LogP contribution >= 0.6 is 11.6 Å². The van der Waals surface area contributed by atoms with Crippen LogP contribution in [0.15, 0.2) is 24.3 Å². The van der Waals surface area contributed by atoms with Crippen LogP contribution in [-0.4, -0.2) is 11.5 Å². The van der Waals surface area contributed by atoms with Crippen LogP contribution in [0.25, 0.3) is 0 Å². The average Bonchev–Trinajstić information content (AvgIpc) is 2.04. The predicted octanol–water partition coefficient (Wildman–Crippen LogP) is 2.06. The molecule has 56 valence electrons. The highest BCUT2D eigenvalue weighted by atomic mass is 35.5. The summed E-state index contributed by atoms with van der Waals surface area (Å²) in [7, 11) is 0. The summed E-state index contributed by atoms with van der Waals surface area (Å²) in [6, 6.07) is 6.73. The molecular formula is C8H6ClNO. The first-order valence-corrected chi connectivity index (χ1v) is 3.42. The summed E-state index contributed by atoms with van der Waals surface area (Å²) in [6.07, 6.45) is 0.687. The Morgan fingerprint density at radius 2 is 2.09 bits per heavy atom. The first-order valence-electron chi connectivity index (χ1n) is 3.04. The minimum absolute atomic E-state index is 0.104. The van der Waals surface area contributed by atoms with Gasteiger partial charge in [0, 0.05) is 11.1 Å². The fraction of sp³-hybridized carbons (Fsp3) is 0. The van der Waals surface area contributed by atoms with Crippen molar-refractivity contribution in [3.05, 3.63) is 35.4 Å². The summed E-state index contributed by atoms with van der Waals surface area (Å²) < 4.78 is 0. The second-order valence-corrected chi connectivity index (χ2v) is 2.40. The van der Waals surface area contributed by atoms with E-state index in [0.717, 1.165) is 0 Å². The molecule has 0 aliphatic heterocycles. The number of halogens is 1. The molecule has 0 aliphatic carbocycles. The molecule has 0 amide bonds. The number of hydrogen-bond acceptors (Lipinski definition) is 2. The molecule has 0 spiro atoms. The lowest BCUT2D eigenvalue weighted by molar-refractivity contribution is 0.112. The fourth-order valence-corrected chi connectivity index (χ4v) is 0.972. The third-order valence-corrected chi connectivity index (χ3v) is 1.53. The summed E-state index contributed by atoms with van der Waals surface area (Å²) in [5.41, 5.74) is 0.927. The third kappa shape index (κ3) is 1.65. The van der Waals surface area contributed by atoms with Crippen LogP contribution in [0.4, 0.5) is 0 Å². The highest BCUT2D eigenvalue weighted by Gasteiger charge is 2.02. The van der Waals surface area contributed by atoms with E-state index in [4.69, 9.17) is 17.0 Å². The Bertz CT molecular complexity index is 296. The van der Waals surface area contributed by atoms with E-state index in [2.05, 4.69) is 0 Å². The van der Waals surface area contributed by atoms with Crippen LogP contribution < -0.4 is 0 Å². The van der Waals surface area contributed by atoms with Crippen molar-refractivity contribution in [3.63, 3.8) is 0 Å². The summed E-state index contributed by atoms with van der Waals surface area (Å²) in [6.45, 7) is 0. The fourth-order valence-electron chi connectivity index (χ4n) is 0.800. The summed E-state index contributed by atoms with van der Waals surface area (Å²) in [5, 5.41) is 6.98. The van der Waals surface area contributed by atoms with Gasteiger partial charge in [-0.1, -0.05) is 35.9 Å². The standard InChI is InChI=1S/C8H6ClNO/c9-8(10)7-4-2-1-3-6(7)5-11/h1-5,10H. The Hall–Kier alpha value is -1.15. The Labute approximate surface area is 69.3 Å². The van der Waals surface area contributed by atoms with Crippen molar-refractivity contribution in [1.29, 1.82) is 5.41 Å². The summed E-state index contributed by atoms with van der Waals surface area (Å²) in [4.78, 5) is 10.4. The molecule has 0 fully saturated rings. The second-order valence-electron chi connectivity index (χ2n) is 2.02. The van der Waals surface area contributed by atoms with Gasteiger partial charge in [-0.3, -0.25) is 10.2 Å². The molecule has 1 aromatic rings. The monoisotopic (exact) mass is 167 g/mol. The number of carbonyl (C=O) groups excluding carboxylic acids is 1. The average molecular weight is 168 g/mol. The molecule has 0 bridgehead atoms. The normalized spacial score (nSPS) is 9.18. The van der Waals surface area contributed by atoms with E-state index in [1.54, 1.807) is 24.3 Å². The van der Waals surface area contributed by atoms with Crippen molar-refractivity contribution in [2.45, 2.75) is 0 Å².